The maximum atomic E-state index is 13.0. The van der Waals surface area contributed by atoms with Gasteiger partial charge in [0.05, 0.1) is 18.1 Å². The number of nitrogens with one attached hydrogen (secondary N) is 1. The van der Waals surface area contributed by atoms with Gasteiger partial charge in [0.1, 0.15) is 11.6 Å². The molecule has 0 saturated heterocycles. The van der Waals surface area contributed by atoms with Crippen molar-refractivity contribution in [3.8, 4) is 6.07 Å². The van der Waals surface area contributed by atoms with Gasteiger partial charge in [-0.05, 0) is 29.8 Å². The molecular formula is C17H12F2N2O3. The van der Waals surface area contributed by atoms with Gasteiger partial charge in [0, 0.05) is 11.8 Å². The first-order valence-corrected chi connectivity index (χ1v) is 6.87. The standard InChI is InChI=1S/C17H12F2N2O3/c18-13-7-12(8-14(19)9-13)17(23)24-10-16(22)21-15-3-1-11(2-4-15)5-6-20/h1-4,7-9H,5,10H2,(H,21,22). The zero-order valence-electron chi connectivity index (χ0n) is 12.4. The largest absolute Gasteiger partial charge is 0.452 e. The van der Waals surface area contributed by atoms with E-state index >= 15 is 0 Å². The van der Waals surface area contributed by atoms with Crippen LogP contribution in [0, 0.1) is 23.0 Å². The average molecular weight is 330 g/mol. The fraction of sp³-hybridized carbons (Fsp3) is 0.118. The van der Waals surface area contributed by atoms with E-state index in [4.69, 9.17) is 10.00 Å². The Hall–Kier alpha value is -3.27. The van der Waals surface area contributed by atoms with Gasteiger partial charge < -0.3 is 10.1 Å². The summed E-state index contributed by atoms with van der Waals surface area (Å²) in [6.45, 7) is -0.600. The minimum absolute atomic E-state index is 0.260. The molecule has 1 amide bonds. The quantitative estimate of drug-likeness (QED) is 0.855. The second-order valence-corrected chi connectivity index (χ2v) is 4.81. The maximum absolute atomic E-state index is 13.0. The lowest BCUT2D eigenvalue weighted by Crippen LogP contribution is -2.21. The van der Waals surface area contributed by atoms with Gasteiger partial charge in [-0.3, -0.25) is 4.79 Å². The molecule has 0 unspecified atom stereocenters. The number of rotatable bonds is 5. The molecule has 0 saturated carbocycles. The summed E-state index contributed by atoms with van der Waals surface area (Å²) in [6.07, 6.45) is 0.260. The van der Waals surface area contributed by atoms with Crippen molar-refractivity contribution in [3.63, 3.8) is 0 Å². The van der Waals surface area contributed by atoms with Gasteiger partial charge in [0.15, 0.2) is 6.61 Å². The summed E-state index contributed by atoms with van der Waals surface area (Å²) in [4.78, 5) is 23.4. The third-order valence-electron chi connectivity index (χ3n) is 2.95. The Balaban J connectivity index is 1.88. The van der Waals surface area contributed by atoms with Crippen LogP contribution < -0.4 is 5.32 Å². The molecule has 2 aromatic rings. The Labute approximate surface area is 136 Å². The van der Waals surface area contributed by atoms with Gasteiger partial charge in [-0.2, -0.15) is 5.26 Å². The molecule has 0 aliphatic carbocycles. The van der Waals surface area contributed by atoms with Crippen LogP contribution in [0.5, 0.6) is 0 Å². The highest BCUT2D eigenvalue weighted by Gasteiger charge is 2.13. The Morgan fingerprint density at radius 2 is 1.71 bits per heavy atom. The van der Waals surface area contributed by atoms with Crippen LogP contribution in [0.25, 0.3) is 0 Å². The molecule has 1 N–H and O–H groups in total. The second kappa shape index (κ2) is 7.83. The number of nitriles is 1. The Kier molecular flexibility index (Phi) is 5.58. The lowest BCUT2D eigenvalue weighted by molar-refractivity contribution is -0.119. The summed E-state index contributed by atoms with van der Waals surface area (Å²) in [7, 11) is 0. The predicted molar refractivity (Wildman–Crippen MR) is 81.0 cm³/mol. The highest BCUT2D eigenvalue weighted by molar-refractivity contribution is 5.95. The number of amides is 1. The van der Waals surface area contributed by atoms with Crippen molar-refractivity contribution in [1.29, 1.82) is 5.26 Å². The zero-order chi connectivity index (χ0) is 17.5. The van der Waals surface area contributed by atoms with Crippen LogP contribution in [0.4, 0.5) is 14.5 Å². The van der Waals surface area contributed by atoms with E-state index in [0.29, 0.717) is 11.8 Å². The van der Waals surface area contributed by atoms with Crippen LogP contribution in [0.1, 0.15) is 15.9 Å². The van der Waals surface area contributed by atoms with E-state index in [0.717, 1.165) is 17.7 Å². The van der Waals surface area contributed by atoms with Gasteiger partial charge in [0.25, 0.3) is 5.91 Å². The van der Waals surface area contributed by atoms with Gasteiger partial charge in [-0.1, -0.05) is 12.1 Å². The smallest absolute Gasteiger partial charge is 0.338 e. The summed E-state index contributed by atoms with van der Waals surface area (Å²) in [5.41, 5.74) is 0.950. The number of carbonyl (C=O) groups is 2. The molecule has 5 nitrogen and oxygen atoms in total. The minimum Gasteiger partial charge on any atom is -0.452 e. The number of ether oxygens (including phenoxy) is 1. The van der Waals surface area contributed by atoms with E-state index in [1.807, 2.05) is 6.07 Å². The zero-order valence-corrected chi connectivity index (χ0v) is 12.4. The number of benzene rings is 2. The lowest BCUT2D eigenvalue weighted by atomic mass is 10.1. The Morgan fingerprint density at radius 3 is 2.29 bits per heavy atom. The molecule has 0 aliphatic heterocycles. The van der Waals surface area contributed by atoms with Crippen LogP contribution in [0.15, 0.2) is 42.5 Å². The first-order chi connectivity index (χ1) is 11.5. The van der Waals surface area contributed by atoms with Crippen molar-refractivity contribution in [2.24, 2.45) is 0 Å². The molecule has 24 heavy (non-hydrogen) atoms. The molecule has 0 heterocycles. The topological polar surface area (TPSA) is 79.2 Å². The molecule has 0 radical (unpaired) electrons. The summed E-state index contributed by atoms with van der Waals surface area (Å²) >= 11 is 0. The number of nitrogens with zero attached hydrogens (tertiary/aromatic N) is 1. The molecule has 0 bridgehead atoms. The van der Waals surface area contributed by atoms with E-state index in [1.165, 1.54) is 0 Å². The maximum Gasteiger partial charge on any atom is 0.338 e. The molecule has 0 aromatic heterocycles. The Morgan fingerprint density at radius 1 is 1.08 bits per heavy atom. The van der Waals surface area contributed by atoms with Crippen LogP contribution in [-0.4, -0.2) is 18.5 Å². The van der Waals surface area contributed by atoms with Crippen molar-refractivity contribution in [1.82, 2.24) is 0 Å². The molecule has 7 heteroatoms. The van der Waals surface area contributed by atoms with Gasteiger partial charge in [0.2, 0.25) is 0 Å². The fourth-order valence-corrected chi connectivity index (χ4v) is 1.88. The van der Waals surface area contributed by atoms with Crippen LogP contribution in [-0.2, 0) is 16.0 Å². The molecule has 0 spiro atoms. The van der Waals surface area contributed by atoms with Crippen molar-refractivity contribution in [2.45, 2.75) is 6.42 Å². The van der Waals surface area contributed by atoms with Gasteiger partial charge in [-0.25, -0.2) is 13.6 Å². The molecule has 0 atom stereocenters. The average Bonchev–Trinajstić information content (AvgIpc) is 2.54. The minimum atomic E-state index is -1.01. The fourth-order valence-electron chi connectivity index (χ4n) is 1.88. The normalized spacial score (nSPS) is 9.88. The van der Waals surface area contributed by atoms with Gasteiger partial charge in [-0.15, -0.1) is 0 Å². The third kappa shape index (κ3) is 4.88. The predicted octanol–water partition coefficient (Wildman–Crippen LogP) is 2.83. The number of carbonyl (C=O) groups excluding carboxylic acids is 2. The van der Waals surface area contributed by atoms with E-state index in [9.17, 15) is 18.4 Å². The van der Waals surface area contributed by atoms with E-state index in [1.54, 1.807) is 24.3 Å². The summed E-state index contributed by atoms with van der Waals surface area (Å²) in [6, 6.07) is 10.8. The summed E-state index contributed by atoms with van der Waals surface area (Å²) in [5.74, 6) is -3.44. The number of halogens is 2. The van der Waals surface area contributed by atoms with Crippen molar-refractivity contribution in [2.75, 3.05) is 11.9 Å². The first-order valence-electron chi connectivity index (χ1n) is 6.87. The van der Waals surface area contributed by atoms with Crippen molar-refractivity contribution >= 4 is 17.6 Å². The van der Waals surface area contributed by atoms with Crippen LogP contribution in [0.2, 0.25) is 0 Å². The van der Waals surface area contributed by atoms with Crippen LogP contribution >= 0.6 is 0 Å². The second-order valence-electron chi connectivity index (χ2n) is 4.81. The van der Waals surface area contributed by atoms with Crippen molar-refractivity contribution in [3.05, 3.63) is 65.2 Å². The van der Waals surface area contributed by atoms with Gasteiger partial charge >= 0.3 is 5.97 Å². The summed E-state index contributed by atoms with van der Waals surface area (Å²) in [5, 5.41) is 11.1. The lowest BCUT2D eigenvalue weighted by Gasteiger charge is -2.07. The van der Waals surface area contributed by atoms with E-state index in [2.05, 4.69) is 5.32 Å². The number of hydrogen-bond donors (Lipinski definition) is 1. The monoisotopic (exact) mass is 330 g/mol. The highest BCUT2D eigenvalue weighted by Crippen LogP contribution is 2.11. The summed E-state index contributed by atoms with van der Waals surface area (Å²) < 4.78 is 30.7. The molecule has 0 aliphatic rings. The molecule has 2 aromatic carbocycles. The van der Waals surface area contributed by atoms with Crippen LogP contribution in [0.3, 0.4) is 0 Å². The molecule has 0 fully saturated rings. The number of anilines is 1. The first kappa shape index (κ1) is 17.1. The molecular weight excluding hydrogens is 318 g/mol. The van der Waals surface area contributed by atoms with Crippen molar-refractivity contribution < 1.29 is 23.1 Å². The molecule has 122 valence electrons. The number of hydrogen-bond acceptors (Lipinski definition) is 4. The highest BCUT2D eigenvalue weighted by atomic mass is 19.1. The SMILES string of the molecule is N#CCc1ccc(NC(=O)COC(=O)c2cc(F)cc(F)c2)cc1. The van der Waals surface area contributed by atoms with E-state index in [-0.39, 0.29) is 12.0 Å². The molecule has 2 rings (SSSR count). The number of esters is 1. The Bertz CT molecular complexity index is 778. The third-order valence-corrected chi connectivity index (χ3v) is 2.95. The van der Waals surface area contributed by atoms with E-state index < -0.39 is 30.1 Å².